The largest absolute Gasteiger partial charge is 0.465 e. The number of rotatable bonds is 3. The minimum absolute atomic E-state index is 0.309. The summed E-state index contributed by atoms with van der Waals surface area (Å²) in [6, 6.07) is 9.09. The molecule has 6 heteroatoms. The maximum absolute atomic E-state index is 13.1. The van der Waals surface area contributed by atoms with Crippen molar-refractivity contribution in [1.29, 1.82) is 0 Å². The van der Waals surface area contributed by atoms with Gasteiger partial charge in [-0.05, 0) is 46.3 Å². The zero-order valence-electron chi connectivity index (χ0n) is 10.6. The van der Waals surface area contributed by atoms with Crippen molar-refractivity contribution >= 4 is 39.0 Å². The lowest BCUT2D eigenvalue weighted by atomic mass is 10.1. The molecule has 20 heavy (non-hydrogen) atoms. The van der Waals surface area contributed by atoms with Gasteiger partial charge in [0.2, 0.25) is 0 Å². The number of methoxy groups -OCH3 is 1. The summed E-state index contributed by atoms with van der Waals surface area (Å²) in [7, 11) is 1.29. The molecular weight excluding hydrogens is 327 g/mol. The molecule has 0 aromatic heterocycles. The third-order valence-corrected chi connectivity index (χ3v) is 3.35. The Morgan fingerprint density at radius 3 is 2.75 bits per heavy atom. The van der Waals surface area contributed by atoms with Crippen molar-refractivity contribution in [3.63, 3.8) is 0 Å². The van der Waals surface area contributed by atoms with Crippen molar-refractivity contribution < 1.29 is 13.9 Å². The molecular formula is C14H12BrFN2O2. The fraction of sp³-hybridized carbons (Fsp3) is 0.0714. The number of nitrogens with one attached hydrogen (secondary N) is 1. The topological polar surface area (TPSA) is 64.3 Å². The van der Waals surface area contributed by atoms with Gasteiger partial charge in [-0.15, -0.1) is 0 Å². The van der Waals surface area contributed by atoms with E-state index in [0.29, 0.717) is 27.1 Å². The number of carbonyl (C=O) groups is 1. The molecule has 0 amide bonds. The van der Waals surface area contributed by atoms with Crippen LogP contribution in [0.3, 0.4) is 0 Å². The predicted molar refractivity (Wildman–Crippen MR) is 79.6 cm³/mol. The van der Waals surface area contributed by atoms with Crippen LogP contribution in [0.15, 0.2) is 40.9 Å². The summed E-state index contributed by atoms with van der Waals surface area (Å²) in [5.41, 5.74) is 7.60. The Kier molecular flexibility index (Phi) is 4.24. The van der Waals surface area contributed by atoms with Gasteiger partial charge in [-0.3, -0.25) is 0 Å². The van der Waals surface area contributed by atoms with Crippen LogP contribution >= 0.6 is 15.9 Å². The molecule has 0 heterocycles. The average molecular weight is 339 g/mol. The Hall–Kier alpha value is -2.08. The second-order valence-corrected chi connectivity index (χ2v) is 4.86. The monoisotopic (exact) mass is 338 g/mol. The van der Waals surface area contributed by atoms with Crippen molar-refractivity contribution in [2.75, 3.05) is 18.2 Å². The molecule has 2 aromatic carbocycles. The van der Waals surface area contributed by atoms with Gasteiger partial charge in [-0.2, -0.15) is 0 Å². The van der Waals surface area contributed by atoms with E-state index < -0.39 is 5.97 Å². The van der Waals surface area contributed by atoms with Crippen LogP contribution in [0, 0.1) is 5.82 Å². The highest BCUT2D eigenvalue weighted by atomic mass is 79.9. The van der Waals surface area contributed by atoms with Crippen molar-refractivity contribution in [3.8, 4) is 0 Å². The maximum atomic E-state index is 13.1. The van der Waals surface area contributed by atoms with Gasteiger partial charge in [-0.25, -0.2) is 9.18 Å². The van der Waals surface area contributed by atoms with Crippen LogP contribution < -0.4 is 11.1 Å². The number of ether oxygens (including phenoxy) is 1. The Bertz CT molecular complexity index is 662. The van der Waals surface area contributed by atoms with Crippen LogP contribution in [-0.4, -0.2) is 13.1 Å². The fourth-order valence-corrected chi connectivity index (χ4v) is 2.17. The SMILES string of the molecule is COC(=O)c1cccc(N)c1Nc1ccc(F)cc1Br. The average Bonchev–Trinajstić information content (AvgIpc) is 2.42. The molecule has 2 rings (SSSR count). The molecule has 0 atom stereocenters. The summed E-state index contributed by atoms with van der Waals surface area (Å²) < 4.78 is 18.3. The molecule has 0 fully saturated rings. The van der Waals surface area contributed by atoms with Gasteiger partial charge in [0.05, 0.1) is 29.7 Å². The Morgan fingerprint density at radius 2 is 2.10 bits per heavy atom. The molecule has 104 valence electrons. The number of halogens is 2. The van der Waals surface area contributed by atoms with Gasteiger partial charge in [0.1, 0.15) is 5.82 Å². The first-order chi connectivity index (χ1) is 9.52. The molecule has 0 aliphatic rings. The Balaban J connectivity index is 2.45. The standard InChI is InChI=1S/C14H12BrFN2O2/c1-20-14(19)9-3-2-4-11(17)13(9)18-12-6-5-8(16)7-10(12)15/h2-7,18H,17H2,1H3. The molecule has 3 N–H and O–H groups in total. The van der Waals surface area contributed by atoms with E-state index in [4.69, 9.17) is 10.5 Å². The molecule has 0 saturated carbocycles. The van der Waals surface area contributed by atoms with Gasteiger partial charge in [-0.1, -0.05) is 6.07 Å². The number of hydrogen-bond donors (Lipinski definition) is 2. The van der Waals surface area contributed by atoms with Crippen molar-refractivity contribution in [2.45, 2.75) is 0 Å². The molecule has 4 nitrogen and oxygen atoms in total. The number of nitrogen functional groups attached to an aromatic ring is 1. The lowest BCUT2D eigenvalue weighted by molar-refractivity contribution is 0.0602. The normalized spacial score (nSPS) is 10.2. The lowest BCUT2D eigenvalue weighted by Gasteiger charge is -2.14. The summed E-state index contributed by atoms with van der Waals surface area (Å²) in [5.74, 6) is -0.866. The zero-order chi connectivity index (χ0) is 14.7. The number of anilines is 3. The van der Waals surface area contributed by atoms with Crippen LogP contribution in [-0.2, 0) is 4.74 Å². The first kappa shape index (κ1) is 14.3. The first-order valence-corrected chi connectivity index (χ1v) is 6.51. The zero-order valence-corrected chi connectivity index (χ0v) is 12.2. The molecule has 0 aliphatic heterocycles. The highest BCUT2D eigenvalue weighted by Crippen LogP contribution is 2.32. The van der Waals surface area contributed by atoms with Crippen LogP contribution in [0.1, 0.15) is 10.4 Å². The summed E-state index contributed by atoms with van der Waals surface area (Å²) in [4.78, 5) is 11.7. The van der Waals surface area contributed by atoms with Gasteiger partial charge >= 0.3 is 5.97 Å². The van der Waals surface area contributed by atoms with Gasteiger partial charge in [0, 0.05) is 4.47 Å². The summed E-state index contributed by atoms with van der Waals surface area (Å²) in [5, 5.41) is 3.01. The maximum Gasteiger partial charge on any atom is 0.340 e. The molecule has 0 radical (unpaired) electrons. The number of benzene rings is 2. The smallest absolute Gasteiger partial charge is 0.340 e. The fourth-order valence-electron chi connectivity index (χ4n) is 1.72. The third kappa shape index (κ3) is 2.91. The second-order valence-electron chi connectivity index (χ2n) is 4.01. The van der Waals surface area contributed by atoms with E-state index in [-0.39, 0.29) is 5.82 Å². The molecule has 0 unspecified atom stereocenters. The predicted octanol–water partition coefficient (Wildman–Crippen LogP) is 3.70. The number of esters is 1. The molecule has 0 aliphatic carbocycles. The van der Waals surface area contributed by atoms with Crippen molar-refractivity contribution in [1.82, 2.24) is 0 Å². The minimum atomic E-state index is -0.502. The second kappa shape index (κ2) is 5.92. The summed E-state index contributed by atoms with van der Waals surface area (Å²) in [6.07, 6.45) is 0. The van der Waals surface area contributed by atoms with Crippen molar-refractivity contribution in [2.24, 2.45) is 0 Å². The van der Waals surface area contributed by atoms with Crippen LogP contribution in [0.25, 0.3) is 0 Å². The van der Waals surface area contributed by atoms with E-state index in [0.717, 1.165) is 0 Å². The first-order valence-electron chi connectivity index (χ1n) is 5.72. The van der Waals surface area contributed by atoms with Crippen LogP contribution in [0.4, 0.5) is 21.5 Å². The lowest BCUT2D eigenvalue weighted by Crippen LogP contribution is -2.08. The number of nitrogens with two attached hydrogens (primary N) is 1. The number of hydrogen-bond acceptors (Lipinski definition) is 4. The summed E-state index contributed by atoms with van der Waals surface area (Å²) in [6.45, 7) is 0. The number of para-hydroxylation sites is 1. The minimum Gasteiger partial charge on any atom is -0.465 e. The van der Waals surface area contributed by atoms with E-state index in [1.165, 1.54) is 19.2 Å². The van der Waals surface area contributed by atoms with E-state index in [9.17, 15) is 9.18 Å². The molecule has 0 bridgehead atoms. The van der Waals surface area contributed by atoms with Crippen LogP contribution in [0.2, 0.25) is 0 Å². The molecule has 0 spiro atoms. The quantitative estimate of drug-likeness (QED) is 0.661. The van der Waals surface area contributed by atoms with Gasteiger partial charge < -0.3 is 15.8 Å². The van der Waals surface area contributed by atoms with E-state index in [2.05, 4.69) is 21.2 Å². The van der Waals surface area contributed by atoms with Gasteiger partial charge in [0.15, 0.2) is 0 Å². The molecule has 2 aromatic rings. The third-order valence-electron chi connectivity index (χ3n) is 2.69. The van der Waals surface area contributed by atoms with Crippen LogP contribution in [0.5, 0.6) is 0 Å². The number of carbonyl (C=O) groups excluding carboxylic acids is 1. The van der Waals surface area contributed by atoms with E-state index in [1.54, 1.807) is 24.3 Å². The molecule has 0 saturated heterocycles. The Labute approximate surface area is 123 Å². The van der Waals surface area contributed by atoms with E-state index in [1.807, 2.05) is 0 Å². The summed E-state index contributed by atoms with van der Waals surface area (Å²) >= 11 is 3.25. The van der Waals surface area contributed by atoms with E-state index >= 15 is 0 Å². The van der Waals surface area contributed by atoms with Gasteiger partial charge in [0.25, 0.3) is 0 Å². The highest BCUT2D eigenvalue weighted by Gasteiger charge is 2.15. The Morgan fingerprint density at radius 1 is 1.35 bits per heavy atom. The van der Waals surface area contributed by atoms with Crippen molar-refractivity contribution in [3.05, 3.63) is 52.3 Å². The highest BCUT2D eigenvalue weighted by molar-refractivity contribution is 9.10.